The molecule has 0 atom stereocenters. The van der Waals surface area contributed by atoms with Crippen molar-refractivity contribution in [2.75, 3.05) is 45.4 Å². The Morgan fingerprint density at radius 1 is 1.23 bits per heavy atom. The van der Waals surface area contributed by atoms with Crippen molar-refractivity contribution in [3.05, 3.63) is 34.1 Å². The van der Waals surface area contributed by atoms with Gasteiger partial charge in [-0.25, -0.2) is 4.98 Å². The van der Waals surface area contributed by atoms with Gasteiger partial charge in [0.1, 0.15) is 0 Å². The molecule has 1 N–H and O–H groups in total. The molecule has 2 aliphatic rings. The van der Waals surface area contributed by atoms with E-state index >= 15 is 0 Å². The van der Waals surface area contributed by atoms with Crippen LogP contribution in [0, 0.1) is 6.92 Å². The van der Waals surface area contributed by atoms with E-state index in [1.807, 2.05) is 18.2 Å². The van der Waals surface area contributed by atoms with Crippen molar-refractivity contribution in [3.8, 4) is 22.8 Å². The van der Waals surface area contributed by atoms with Crippen LogP contribution in [0.15, 0.2) is 28.2 Å². The maximum atomic E-state index is 12.3. The number of hydrogen-bond acceptors (Lipinski definition) is 7. The van der Waals surface area contributed by atoms with Crippen molar-refractivity contribution < 1.29 is 14.2 Å². The van der Waals surface area contributed by atoms with Crippen LogP contribution < -0.4 is 15.0 Å². The van der Waals surface area contributed by atoms with Crippen LogP contribution in [0.2, 0.25) is 0 Å². The van der Waals surface area contributed by atoms with Gasteiger partial charge in [-0.2, -0.15) is 0 Å². The van der Waals surface area contributed by atoms with E-state index in [1.165, 1.54) is 0 Å². The minimum absolute atomic E-state index is 0.110. The van der Waals surface area contributed by atoms with Crippen LogP contribution in [0.4, 0.5) is 0 Å². The molecule has 2 aliphatic heterocycles. The number of nitrogens with one attached hydrogen (secondary N) is 1. The van der Waals surface area contributed by atoms with Crippen LogP contribution in [0.3, 0.4) is 0 Å². The fraction of sp³-hybridized carbons (Fsp3) is 0.444. The largest absolute Gasteiger partial charge is 0.454 e. The van der Waals surface area contributed by atoms with Gasteiger partial charge in [0.15, 0.2) is 16.7 Å². The first-order valence-corrected chi connectivity index (χ1v) is 9.63. The van der Waals surface area contributed by atoms with Crippen molar-refractivity contribution in [1.29, 1.82) is 0 Å². The predicted octanol–water partition coefficient (Wildman–Crippen LogP) is 1.90. The average molecular weight is 375 g/mol. The second-order valence-electron chi connectivity index (χ2n) is 6.22. The summed E-state index contributed by atoms with van der Waals surface area (Å²) in [6, 6.07) is 5.63. The highest BCUT2D eigenvalue weighted by Crippen LogP contribution is 2.36. The third-order valence-electron chi connectivity index (χ3n) is 4.53. The molecule has 0 bridgehead atoms. The van der Waals surface area contributed by atoms with Gasteiger partial charge in [-0.1, -0.05) is 11.8 Å². The third kappa shape index (κ3) is 3.72. The molecule has 0 radical (unpaired) electrons. The SMILES string of the molecule is Cc1c(-c2ccc3c(c2)OCO3)nc(SCCN2CCOCC2)[nH]c1=O. The summed E-state index contributed by atoms with van der Waals surface area (Å²) in [4.78, 5) is 22.3. The summed E-state index contributed by atoms with van der Waals surface area (Å²) in [6.45, 7) is 6.46. The van der Waals surface area contributed by atoms with E-state index in [0.717, 1.165) is 49.9 Å². The van der Waals surface area contributed by atoms with Gasteiger partial charge in [-0.15, -0.1) is 0 Å². The Morgan fingerprint density at radius 2 is 2.04 bits per heavy atom. The molecule has 1 saturated heterocycles. The van der Waals surface area contributed by atoms with Crippen molar-refractivity contribution in [2.45, 2.75) is 12.1 Å². The van der Waals surface area contributed by atoms with Gasteiger partial charge in [-0.05, 0) is 25.1 Å². The smallest absolute Gasteiger partial charge is 0.255 e. The van der Waals surface area contributed by atoms with E-state index in [2.05, 4.69) is 14.9 Å². The molecule has 8 heteroatoms. The van der Waals surface area contributed by atoms with Gasteiger partial charge in [0.05, 0.1) is 18.9 Å². The Hall–Kier alpha value is -2.03. The first-order valence-electron chi connectivity index (χ1n) is 8.64. The van der Waals surface area contributed by atoms with Gasteiger partial charge in [0.25, 0.3) is 5.56 Å². The lowest BCUT2D eigenvalue weighted by atomic mass is 10.1. The highest BCUT2D eigenvalue weighted by atomic mass is 32.2. The summed E-state index contributed by atoms with van der Waals surface area (Å²) in [5.41, 5.74) is 2.02. The van der Waals surface area contributed by atoms with Gasteiger partial charge >= 0.3 is 0 Å². The van der Waals surface area contributed by atoms with Crippen molar-refractivity contribution in [2.24, 2.45) is 0 Å². The number of fused-ring (bicyclic) bond motifs is 1. The van der Waals surface area contributed by atoms with Gasteiger partial charge < -0.3 is 19.2 Å². The zero-order valence-corrected chi connectivity index (χ0v) is 15.4. The first kappa shape index (κ1) is 17.4. The Morgan fingerprint density at radius 3 is 2.88 bits per heavy atom. The molecular formula is C18H21N3O4S. The highest BCUT2D eigenvalue weighted by molar-refractivity contribution is 7.99. The van der Waals surface area contributed by atoms with E-state index in [1.54, 1.807) is 18.7 Å². The molecule has 0 unspecified atom stereocenters. The fourth-order valence-corrected chi connectivity index (χ4v) is 3.86. The molecule has 26 heavy (non-hydrogen) atoms. The van der Waals surface area contributed by atoms with Crippen molar-refractivity contribution >= 4 is 11.8 Å². The molecule has 138 valence electrons. The van der Waals surface area contributed by atoms with E-state index in [-0.39, 0.29) is 12.4 Å². The monoisotopic (exact) mass is 375 g/mol. The van der Waals surface area contributed by atoms with Crippen molar-refractivity contribution in [3.63, 3.8) is 0 Å². The van der Waals surface area contributed by atoms with Crippen LogP contribution in [0.1, 0.15) is 5.56 Å². The zero-order chi connectivity index (χ0) is 17.9. The lowest BCUT2D eigenvalue weighted by Crippen LogP contribution is -2.37. The van der Waals surface area contributed by atoms with Crippen LogP contribution in [0.5, 0.6) is 11.5 Å². The molecule has 3 heterocycles. The highest BCUT2D eigenvalue weighted by Gasteiger charge is 2.17. The maximum absolute atomic E-state index is 12.3. The Labute approximate surface area is 155 Å². The molecule has 0 spiro atoms. The molecule has 0 amide bonds. The quantitative estimate of drug-likeness (QED) is 0.632. The Balaban J connectivity index is 1.51. The Kier molecular flexibility index (Phi) is 5.14. The summed E-state index contributed by atoms with van der Waals surface area (Å²) in [7, 11) is 0. The van der Waals surface area contributed by atoms with E-state index < -0.39 is 0 Å². The number of morpholine rings is 1. The summed E-state index contributed by atoms with van der Waals surface area (Å²) in [5, 5.41) is 0.640. The molecular weight excluding hydrogens is 354 g/mol. The third-order valence-corrected chi connectivity index (χ3v) is 5.38. The summed E-state index contributed by atoms with van der Waals surface area (Å²) < 4.78 is 16.1. The second-order valence-corrected chi connectivity index (χ2v) is 7.30. The van der Waals surface area contributed by atoms with Gasteiger partial charge in [0, 0.05) is 36.5 Å². The lowest BCUT2D eigenvalue weighted by molar-refractivity contribution is 0.0410. The fourth-order valence-electron chi connectivity index (χ4n) is 3.00. The van der Waals surface area contributed by atoms with Crippen LogP contribution >= 0.6 is 11.8 Å². The van der Waals surface area contributed by atoms with E-state index in [4.69, 9.17) is 14.2 Å². The average Bonchev–Trinajstić information content (AvgIpc) is 3.13. The number of benzene rings is 1. The summed E-state index contributed by atoms with van der Waals surface area (Å²) >= 11 is 1.57. The molecule has 0 saturated carbocycles. The maximum Gasteiger partial charge on any atom is 0.255 e. The molecule has 7 nitrogen and oxygen atoms in total. The standard InChI is InChI=1S/C18H21N3O4S/c1-12-16(13-2-3-14-15(10-13)25-11-24-14)19-18(20-17(12)22)26-9-6-21-4-7-23-8-5-21/h2-3,10H,4-9,11H2,1H3,(H,19,20,22). The molecule has 1 aromatic heterocycles. The summed E-state index contributed by atoms with van der Waals surface area (Å²) in [6.07, 6.45) is 0. The molecule has 0 aliphatic carbocycles. The number of H-pyrrole nitrogens is 1. The second kappa shape index (κ2) is 7.69. The van der Waals surface area contributed by atoms with E-state index in [0.29, 0.717) is 22.2 Å². The number of nitrogens with zero attached hydrogens (tertiary/aromatic N) is 2. The topological polar surface area (TPSA) is 76.7 Å². The number of ether oxygens (including phenoxy) is 3. The van der Waals surface area contributed by atoms with Crippen molar-refractivity contribution in [1.82, 2.24) is 14.9 Å². The van der Waals surface area contributed by atoms with Crippen LogP contribution in [-0.2, 0) is 4.74 Å². The molecule has 2 aromatic rings. The Bertz CT molecular complexity index is 849. The molecule has 1 fully saturated rings. The zero-order valence-electron chi connectivity index (χ0n) is 14.6. The summed E-state index contributed by atoms with van der Waals surface area (Å²) in [5.74, 6) is 2.27. The predicted molar refractivity (Wildman–Crippen MR) is 99.1 cm³/mol. The molecule has 1 aromatic carbocycles. The minimum atomic E-state index is -0.110. The van der Waals surface area contributed by atoms with E-state index in [9.17, 15) is 4.79 Å². The van der Waals surface area contributed by atoms with Crippen LogP contribution in [0.25, 0.3) is 11.3 Å². The number of thioether (sulfide) groups is 1. The number of aromatic nitrogens is 2. The first-order chi connectivity index (χ1) is 12.7. The minimum Gasteiger partial charge on any atom is -0.454 e. The number of hydrogen-bond donors (Lipinski definition) is 1. The number of aromatic amines is 1. The molecule has 4 rings (SSSR count). The van der Waals surface area contributed by atoms with Gasteiger partial charge in [-0.3, -0.25) is 9.69 Å². The lowest BCUT2D eigenvalue weighted by Gasteiger charge is -2.26. The number of rotatable bonds is 5. The van der Waals surface area contributed by atoms with Gasteiger partial charge in [0.2, 0.25) is 6.79 Å². The van der Waals surface area contributed by atoms with Crippen LogP contribution in [-0.4, -0.2) is 60.3 Å². The normalized spacial score (nSPS) is 16.8.